The molecule has 0 spiro atoms. The molecule has 2 fully saturated rings. The number of nitrogens with one attached hydrogen (secondary N) is 2. The molecule has 2 N–H and O–H groups in total. The third-order valence-electron chi connectivity index (χ3n) is 6.01. The number of amides is 3. The molecule has 0 aromatic heterocycles. The van der Waals surface area contributed by atoms with Gasteiger partial charge in [-0.25, -0.2) is 0 Å². The average Bonchev–Trinajstić information content (AvgIpc) is 2.98. The van der Waals surface area contributed by atoms with Gasteiger partial charge < -0.3 is 15.1 Å². The largest absolute Gasteiger partial charge is 0.322 e. The lowest BCUT2D eigenvalue weighted by Crippen LogP contribution is -2.52. The number of rotatable bonds is 5. The van der Waals surface area contributed by atoms with Crippen LogP contribution >= 0.6 is 0 Å². The normalized spacial score (nSPS) is 25.2. The molecule has 0 saturated carbocycles. The van der Waals surface area contributed by atoms with Crippen molar-refractivity contribution in [1.82, 2.24) is 20.4 Å². The molecule has 0 aliphatic carbocycles. The lowest BCUT2D eigenvalue weighted by Gasteiger charge is -2.29. The molecule has 0 radical (unpaired) electrons. The van der Waals surface area contributed by atoms with E-state index in [2.05, 4.69) is 28.6 Å². The van der Waals surface area contributed by atoms with E-state index in [0.717, 1.165) is 31.7 Å². The van der Waals surface area contributed by atoms with Gasteiger partial charge in [0.25, 0.3) is 5.91 Å². The van der Waals surface area contributed by atoms with Crippen molar-refractivity contribution in [2.24, 2.45) is 5.92 Å². The summed E-state index contributed by atoms with van der Waals surface area (Å²) < 4.78 is 0. The number of benzene rings is 1. The number of nitrogens with zero attached hydrogens (tertiary/aromatic N) is 2. The van der Waals surface area contributed by atoms with E-state index in [1.54, 1.807) is 4.90 Å². The van der Waals surface area contributed by atoms with Crippen molar-refractivity contribution in [3.8, 4) is 0 Å². The number of carbonyl (C=O) groups is 3. The quantitative estimate of drug-likeness (QED) is 0.737. The third kappa shape index (κ3) is 3.95. The van der Waals surface area contributed by atoms with Crippen LogP contribution in [0.1, 0.15) is 47.2 Å². The van der Waals surface area contributed by atoms with Gasteiger partial charge >= 0.3 is 0 Å². The zero-order chi connectivity index (χ0) is 19.7. The van der Waals surface area contributed by atoms with Gasteiger partial charge in [0.15, 0.2) is 0 Å². The van der Waals surface area contributed by atoms with E-state index in [4.69, 9.17) is 0 Å². The number of carbonyl (C=O) groups excluding carboxylic acids is 3. The molecule has 3 heterocycles. The second-order valence-corrected chi connectivity index (χ2v) is 8.30. The summed E-state index contributed by atoms with van der Waals surface area (Å²) in [4.78, 5) is 40.2. The molecule has 0 bridgehead atoms. The lowest BCUT2D eigenvalue weighted by molar-refractivity contribution is -0.136. The fourth-order valence-electron chi connectivity index (χ4n) is 4.62. The van der Waals surface area contributed by atoms with Crippen LogP contribution < -0.4 is 10.6 Å². The molecule has 1 aromatic rings. The molecule has 3 amide bonds. The van der Waals surface area contributed by atoms with Crippen molar-refractivity contribution < 1.29 is 14.4 Å². The molecule has 2 saturated heterocycles. The van der Waals surface area contributed by atoms with Gasteiger partial charge in [0.05, 0.1) is 0 Å². The first-order valence-electron chi connectivity index (χ1n) is 10.2. The standard InChI is InChI=1S/C21H28N4O3/c1-24(12-15-3-2-8-22-10-15)11-14-4-5-17-16(9-14)13-25(21(17)28)18-6-7-19(26)23-20(18)27/h4-5,9,15,18,22H,2-3,6-8,10-13H2,1H3,(H,23,26,27). The molecular formula is C21H28N4O3. The molecule has 4 rings (SSSR count). The Labute approximate surface area is 165 Å². The second-order valence-electron chi connectivity index (χ2n) is 8.30. The van der Waals surface area contributed by atoms with Gasteiger partial charge in [0, 0.05) is 31.6 Å². The van der Waals surface area contributed by atoms with Gasteiger partial charge in [-0.05, 0) is 62.5 Å². The molecule has 3 aliphatic rings. The summed E-state index contributed by atoms with van der Waals surface area (Å²) in [5.74, 6) is -0.0437. The maximum absolute atomic E-state index is 12.8. The van der Waals surface area contributed by atoms with Crippen LogP contribution in [-0.2, 0) is 22.7 Å². The Kier molecular flexibility index (Phi) is 5.46. The molecule has 7 nitrogen and oxygen atoms in total. The van der Waals surface area contributed by atoms with Crippen LogP contribution in [0.5, 0.6) is 0 Å². The van der Waals surface area contributed by atoms with Gasteiger partial charge in [0.2, 0.25) is 11.8 Å². The Hall–Kier alpha value is -2.25. The molecule has 150 valence electrons. The Balaban J connectivity index is 1.40. The average molecular weight is 384 g/mol. The molecule has 2 atom stereocenters. The zero-order valence-electron chi connectivity index (χ0n) is 16.4. The molecule has 1 aromatic carbocycles. The van der Waals surface area contributed by atoms with Crippen molar-refractivity contribution in [1.29, 1.82) is 0 Å². The van der Waals surface area contributed by atoms with E-state index in [1.807, 2.05) is 12.1 Å². The maximum Gasteiger partial charge on any atom is 0.255 e. The lowest BCUT2D eigenvalue weighted by atomic mass is 9.99. The zero-order valence-corrected chi connectivity index (χ0v) is 16.4. The van der Waals surface area contributed by atoms with Crippen molar-refractivity contribution in [2.45, 2.75) is 44.8 Å². The molecule has 7 heteroatoms. The minimum Gasteiger partial charge on any atom is -0.322 e. The van der Waals surface area contributed by atoms with E-state index in [1.165, 1.54) is 18.4 Å². The number of piperidine rings is 2. The van der Waals surface area contributed by atoms with Gasteiger partial charge in [0.1, 0.15) is 6.04 Å². The monoisotopic (exact) mass is 384 g/mol. The summed E-state index contributed by atoms with van der Waals surface area (Å²) >= 11 is 0. The highest BCUT2D eigenvalue weighted by molar-refractivity contribution is 6.05. The van der Waals surface area contributed by atoms with E-state index < -0.39 is 6.04 Å². The van der Waals surface area contributed by atoms with Gasteiger partial charge in [-0.15, -0.1) is 0 Å². The summed E-state index contributed by atoms with van der Waals surface area (Å²) in [5, 5.41) is 5.81. The Morgan fingerprint density at radius 2 is 2.07 bits per heavy atom. The van der Waals surface area contributed by atoms with Gasteiger partial charge in [-0.3, -0.25) is 19.7 Å². The van der Waals surface area contributed by atoms with Gasteiger partial charge in [-0.1, -0.05) is 12.1 Å². The fourth-order valence-corrected chi connectivity index (χ4v) is 4.62. The Morgan fingerprint density at radius 1 is 1.21 bits per heavy atom. The molecule has 28 heavy (non-hydrogen) atoms. The third-order valence-corrected chi connectivity index (χ3v) is 6.01. The first kappa shape index (κ1) is 19.1. The number of hydrogen-bond acceptors (Lipinski definition) is 5. The topological polar surface area (TPSA) is 81.8 Å². The number of hydrogen-bond donors (Lipinski definition) is 2. The summed E-state index contributed by atoms with van der Waals surface area (Å²) in [6, 6.07) is 5.44. The van der Waals surface area contributed by atoms with Crippen molar-refractivity contribution in [3.05, 3.63) is 34.9 Å². The summed E-state index contributed by atoms with van der Waals surface area (Å²) in [6.07, 6.45) is 3.20. The van der Waals surface area contributed by atoms with Crippen molar-refractivity contribution in [2.75, 3.05) is 26.7 Å². The molecule has 3 aliphatic heterocycles. The van der Waals surface area contributed by atoms with Crippen LogP contribution in [0.15, 0.2) is 18.2 Å². The summed E-state index contributed by atoms with van der Waals surface area (Å²) in [7, 11) is 2.14. The second kappa shape index (κ2) is 8.01. The number of imide groups is 1. The van der Waals surface area contributed by atoms with Crippen molar-refractivity contribution in [3.63, 3.8) is 0 Å². The predicted molar refractivity (Wildman–Crippen MR) is 104 cm³/mol. The predicted octanol–water partition coefficient (Wildman–Crippen LogP) is 0.879. The van der Waals surface area contributed by atoms with E-state index in [0.29, 0.717) is 24.4 Å². The van der Waals surface area contributed by atoms with E-state index in [9.17, 15) is 14.4 Å². The van der Waals surface area contributed by atoms with Crippen LogP contribution in [0.4, 0.5) is 0 Å². The highest BCUT2D eigenvalue weighted by atomic mass is 16.2. The van der Waals surface area contributed by atoms with Crippen LogP contribution in [0, 0.1) is 5.92 Å². The SMILES string of the molecule is CN(Cc1ccc2c(c1)CN(C1CCC(=O)NC1=O)C2=O)CC1CCCNC1. The summed E-state index contributed by atoms with van der Waals surface area (Å²) in [5.41, 5.74) is 2.83. The Bertz CT molecular complexity index is 788. The number of fused-ring (bicyclic) bond motifs is 1. The van der Waals surface area contributed by atoms with E-state index >= 15 is 0 Å². The minimum absolute atomic E-state index is 0.113. The fraction of sp³-hybridized carbons (Fsp3) is 0.571. The van der Waals surface area contributed by atoms with Crippen LogP contribution in [0.25, 0.3) is 0 Å². The van der Waals surface area contributed by atoms with Crippen LogP contribution in [-0.4, -0.2) is 60.2 Å². The van der Waals surface area contributed by atoms with Crippen LogP contribution in [0.3, 0.4) is 0 Å². The Morgan fingerprint density at radius 3 is 2.82 bits per heavy atom. The van der Waals surface area contributed by atoms with Crippen molar-refractivity contribution >= 4 is 17.7 Å². The highest BCUT2D eigenvalue weighted by Crippen LogP contribution is 2.28. The smallest absolute Gasteiger partial charge is 0.255 e. The first-order valence-corrected chi connectivity index (χ1v) is 10.2. The minimum atomic E-state index is -0.553. The highest BCUT2D eigenvalue weighted by Gasteiger charge is 2.39. The summed E-state index contributed by atoms with van der Waals surface area (Å²) in [6.45, 7) is 4.55. The van der Waals surface area contributed by atoms with E-state index in [-0.39, 0.29) is 24.1 Å². The van der Waals surface area contributed by atoms with Crippen LogP contribution in [0.2, 0.25) is 0 Å². The van der Waals surface area contributed by atoms with Gasteiger partial charge in [-0.2, -0.15) is 0 Å². The molecule has 2 unspecified atom stereocenters. The maximum atomic E-state index is 12.8. The first-order chi connectivity index (χ1) is 13.5. The molecular weight excluding hydrogens is 356 g/mol.